The van der Waals surface area contributed by atoms with Crippen molar-refractivity contribution in [3.05, 3.63) is 23.8 Å². The molecule has 0 bridgehead atoms. The quantitative estimate of drug-likeness (QED) is 0.593. The van der Waals surface area contributed by atoms with E-state index in [0.717, 1.165) is 4.48 Å². The van der Waals surface area contributed by atoms with Crippen LogP contribution in [0.2, 0.25) is 0 Å². The normalized spacial score (nSPS) is 10.2. The molecule has 6 heteroatoms. The molecule has 0 aliphatic carbocycles. The number of phenolic OH excluding ortho intramolecular Hbond substituents is 1. The summed E-state index contributed by atoms with van der Waals surface area (Å²) in [7, 11) is 7.62. The van der Waals surface area contributed by atoms with Gasteiger partial charge >= 0.3 is 0 Å². The highest BCUT2D eigenvalue weighted by molar-refractivity contribution is 14.0. The number of hydrogen-bond donors (Lipinski definition) is 2. The van der Waals surface area contributed by atoms with Crippen LogP contribution in [0.15, 0.2) is 18.2 Å². The van der Waals surface area contributed by atoms with Gasteiger partial charge in [0, 0.05) is 18.7 Å². The number of nitrogens with one attached hydrogen (secondary N) is 1. The number of hydrogen-bond acceptors (Lipinski definition) is 3. The number of phenols is 1. The first kappa shape index (κ1) is 21.3. The van der Waals surface area contributed by atoms with Crippen LogP contribution in [0.25, 0.3) is 0 Å². The first-order valence-electron chi connectivity index (χ1n) is 6.13. The molecule has 20 heavy (non-hydrogen) atoms. The Morgan fingerprint density at radius 2 is 1.75 bits per heavy atom. The van der Waals surface area contributed by atoms with Crippen molar-refractivity contribution in [1.29, 1.82) is 0 Å². The summed E-state index contributed by atoms with van der Waals surface area (Å²) in [4.78, 5) is 9.15. The maximum Gasteiger partial charge on any atom is 0.139 e. The van der Waals surface area contributed by atoms with E-state index in [9.17, 15) is 5.11 Å². The van der Waals surface area contributed by atoms with Gasteiger partial charge in [-0.3, -0.25) is 4.48 Å². The average molecular weight is 396 g/mol. The molecule has 2 N–H and O–H groups in total. The molecule has 0 aliphatic rings. The molecule has 1 aromatic rings. The maximum absolute atomic E-state index is 9.47. The van der Waals surface area contributed by atoms with Crippen LogP contribution in [-0.4, -0.2) is 39.4 Å². The van der Waals surface area contributed by atoms with E-state index < -0.39 is 6.09 Å². The van der Waals surface area contributed by atoms with Gasteiger partial charge in [-0.2, -0.15) is 0 Å². The van der Waals surface area contributed by atoms with Crippen LogP contribution in [-0.2, 0) is 0 Å². The second-order valence-corrected chi connectivity index (χ2v) is 5.45. The van der Waals surface area contributed by atoms with E-state index in [-0.39, 0.29) is 24.0 Å². The first-order chi connectivity index (χ1) is 8.59. The molecule has 0 aliphatic heterocycles. The third-order valence-electron chi connectivity index (χ3n) is 2.56. The Labute approximate surface area is 138 Å². The lowest BCUT2D eigenvalue weighted by Gasteiger charge is -2.27. The molecule has 1 rings (SSSR count). The van der Waals surface area contributed by atoms with Crippen LogP contribution < -0.4 is 14.9 Å². The summed E-state index contributed by atoms with van der Waals surface area (Å²) in [6.45, 7) is 4.34. The predicted molar refractivity (Wildman–Crippen MR) is 91.6 cm³/mol. The van der Waals surface area contributed by atoms with E-state index in [1.807, 2.05) is 17.4 Å². The Morgan fingerprint density at radius 1 is 1.30 bits per heavy atom. The molecule has 0 aromatic heterocycles. The van der Waals surface area contributed by atoms with E-state index in [1.54, 1.807) is 6.07 Å². The van der Waals surface area contributed by atoms with Crippen LogP contribution in [0.1, 0.15) is 25.3 Å². The second kappa shape index (κ2) is 9.02. The van der Waals surface area contributed by atoms with Gasteiger partial charge in [-0.05, 0) is 18.1 Å². The summed E-state index contributed by atoms with van der Waals surface area (Å²) in [6.07, 6.45) is -1.25. The average Bonchev–Trinajstić information content (AvgIpc) is 2.28. The summed E-state index contributed by atoms with van der Waals surface area (Å²) in [5.74, 6) is 0.834. The fourth-order valence-corrected chi connectivity index (χ4v) is 1.60. The van der Waals surface area contributed by atoms with E-state index in [0.29, 0.717) is 11.7 Å². The first-order valence-corrected chi connectivity index (χ1v) is 6.13. The zero-order valence-corrected chi connectivity index (χ0v) is 15.3. The zero-order chi connectivity index (χ0) is 15.2. The summed E-state index contributed by atoms with van der Waals surface area (Å²) in [5.41, 5.74) is 2.48. The lowest BCUT2D eigenvalue weighted by molar-refractivity contribution is -0.250. The number of carbonyl (C=O) groups excluding carboxylic acids is 1. The second-order valence-electron chi connectivity index (χ2n) is 5.45. The van der Waals surface area contributed by atoms with Gasteiger partial charge in [0.15, 0.2) is 0 Å². The Balaban J connectivity index is 0. The number of halogens is 1. The Morgan fingerprint density at radius 3 is 2.05 bits per heavy atom. The molecule has 116 valence electrons. The molecular formula is C14H25IN2O3. The van der Waals surface area contributed by atoms with Crippen LogP contribution in [0, 0.1) is 0 Å². The van der Waals surface area contributed by atoms with Gasteiger partial charge in [0.1, 0.15) is 17.5 Å². The van der Waals surface area contributed by atoms with Gasteiger partial charge in [-0.15, -0.1) is 24.0 Å². The fraction of sp³-hybridized carbons (Fsp3) is 0.500. The number of carboxylic acid groups (broad SMARTS) is 1. The van der Waals surface area contributed by atoms with E-state index >= 15 is 0 Å². The molecule has 0 radical (unpaired) electrons. The monoisotopic (exact) mass is 396 g/mol. The van der Waals surface area contributed by atoms with Crippen molar-refractivity contribution < 1.29 is 15.0 Å². The number of benzene rings is 1. The highest BCUT2D eigenvalue weighted by Gasteiger charge is 2.19. The van der Waals surface area contributed by atoms with Crippen LogP contribution in [0.5, 0.6) is 5.75 Å². The molecular weight excluding hydrogens is 371 g/mol. The summed E-state index contributed by atoms with van der Waals surface area (Å²) in [5, 5.41) is 20.5. The molecule has 1 aromatic carbocycles. The van der Waals surface area contributed by atoms with Gasteiger partial charge in [0.2, 0.25) is 0 Å². The van der Waals surface area contributed by atoms with Crippen molar-refractivity contribution in [1.82, 2.24) is 9.80 Å². The summed E-state index contributed by atoms with van der Waals surface area (Å²) >= 11 is 0. The summed E-state index contributed by atoms with van der Waals surface area (Å²) in [6, 6.07) is 5.63. The van der Waals surface area contributed by atoms with Gasteiger partial charge < -0.3 is 20.3 Å². The minimum atomic E-state index is -1.25. The lowest BCUT2D eigenvalue weighted by Crippen LogP contribution is -2.35. The smallest absolute Gasteiger partial charge is 0.139 e. The minimum absolute atomic E-state index is 0. The standard InChI is InChI=1S/C12H19NO.C2H5NO2.HI/c1-9(2)11-7-6-10(14)8-12(11)13(3,4)5;1-3-2(4)5;/h6-9H,1-5H3;3H,1H3,(H,4,5);1H. The molecule has 1 amide bonds. The maximum atomic E-state index is 9.47. The van der Waals surface area contributed by atoms with Crippen LogP contribution in [0.4, 0.5) is 10.5 Å². The number of amides is 1. The van der Waals surface area contributed by atoms with Gasteiger partial charge in [-0.1, -0.05) is 13.8 Å². The number of rotatable bonds is 2. The SMILES string of the molecule is CC(C)c1ccc(O)cc1[N+](C)(C)C.CNC(=O)[O-].I. The highest BCUT2D eigenvalue weighted by atomic mass is 127. The largest absolute Gasteiger partial charge is 0.530 e. The highest BCUT2D eigenvalue weighted by Crippen LogP contribution is 2.32. The van der Waals surface area contributed by atoms with Gasteiger partial charge in [0.05, 0.1) is 21.1 Å². The van der Waals surface area contributed by atoms with Crippen molar-refractivity contribution in [3.8, 4) is 5.75 Å². The van der Waals surface area contributed by atoms with Crippen molar-refractivity contribution in [3.63, 3.8) is 0 Å². The number of carbonyl (C=O) groups is 1. The predicted octanol–water partition coefficient (Wildman–Crippen LogP) is 1.88. The van der Waals surface area contributed by atoms with Crippen molar-refractivity contribution in [2.24, 2.45) is 0 Å². The van der Waals surface area contributed by atoms with Crippen molar-refractivity contribution in [2.75, 3.05) is 28.2 Å². The third-order valence-corrected chi connectivity index (χ3v) is 2.56. The van der Waals surface area contributed by atoms with Crippen LogP contribution in [0.3, 0.4) is 0 Å². The molecule has 0 spiro atoms. The minimum Gasteiger partial charge on any atom is -0.530 e. The molecule has 0 fully saturated rings. The molecule has 0 atom stereocenters. The van der Waals surface area contributed by atoms with E-state index in [4.69, 9.17) is 9.90 Å². The van der Waals surface area contributed by atoms with Gasteiger partial charge in [-0.25, -0.2) is 0 Å². The van der Waals surface area contributed by atoms with Crippen molar-refractivity contribution >= 4 is 35.8 Å². The Kier molecular flexibility index (Phi) is 9.59. The fourth-order valence-electron chi connectivity index (χ4n) is 1.60. The zero-order valence-electron chi connectivity index (χ0n) is 12.9. The molecule has 0 saturated carbocycles. The van der Waals surface area contributed by atoms with E-state index in [2.05, 4.69) is 35.0 Å². The van der Waals surface area contributed by atoms with E-state index in [1.165, 1.54) is 18.3 Å². The van der Waals surface area contributed by atoms with Crippen molar-refractivity contribution in [2.45, 2.75) is 19.8 Å². The molecule has 0 saturated heterocycles. The topological polar surface area (TPSA) is 72.4 Å². The Hall–Kier alpha value is -1.02. The number of quaternary nitrogens is 1. The summed E-state index contributed by atoms with van der Waals surface area (Å²) < 4.78 is 0.738. The molecule has 0 unspecified atom stereocenters. The number of nitrogens with zero attached hydrogens (tertiary/aromatic N) is 1. The Bertz CT molecular complexity index is 429. The third kappa shape index (κ3) is 7.54. The lowest BCUT2D eigenvalue weighted by atomic mass is 9.99. The number of aromatic hydroxyl groups is 1. The molecule has 0 heterocycles. The molecule has 5 nitrogen and oxygen atoms in total. The van der Waals surface area contributed by atoms with Crippen LogP contribution >= 0.6 is 24.0 Å². The van der Waals surface area contributed by atoms with Gasteiger partial charge in [0.25, 0.3) is 0 Å².